The molecule has 1 aliphatic carbocycles. The average molecular weight is 214 g/mol. The number of nitrogens with two attached hydrogens (primary N) is 1. The van der Waals surface area contributed by atoms with Gasteiger partial charge in [-0.1, -0.05) is 23.7 Å². The summed E-state index contributed by atoms with van der Waals surface area (Å²) in [6, 6.07) is 5.15. The third-order valence-corrected chi connectivity index (χ3v) is 3.28. The fraction of sp³-hybridized carbons (Fsp3) is 0.455. The van der Waals surface area contributed by atoms with Crippen LogP contribution in [0.15, 0.2) is 18.2 Å². The SMILES string of the molecule is NCC1(Cc2cccc(Cl)c2F)CC1. The highest BCUT2D eigenvalue weighted by Gasteiger charge is 2.41. The number of hydrogen-bond acceptors (Lipinski definition) is 1. The molecule has 1 fully saturated rings. The molecule has 76 valence electrons. The first-order valence-electron chi connectivity index (χ1n) is 4.80. The van der Waals surface area contributed by atoms with Gasteiger partial charge in [-0.15, -0.1) is 0 Å². The highest BCUT2D eigenvalue weighted by Crippen LogP contribution is 2.47. The molecule has 2 N–H and O–H groups in total. The van der Waals surface area contributed by atoms with Crippen molar-refractivity contribution in [2.45, 2.75) is 19.3 Å². The minimum Gasteiger partial charge on any atom is -0.330 e. The van der Waals surface area contributed by atoms with Gasteiger partial charge in [0.15, 0.2) is 0 Å². The average Bonchev–Trinajstić information content (AvgIpc) is 2.94. The van der Waals surface area contributed by atoms with Gasteiger partial charge in [-0.3, -0.25) is 0 Å². The molecule has 1 aromatic rings. The molecule has 1 nitrogen and oxygen atoms in total. The molecule has 14 heavy (non-hydrogen) atoms. The molecule has 3 heteroatoms. The summed E-state index contributed by atoms with van der Waals surface area (Å²) < 4.78 is 13.5. The number of benzene rings is 1. The smallest absolute Gasteiger partial charge is 0.144 e. The molecule has 0 bridgehead atoms. The van der Waals surface area contributed by atoms with Crippen LogP contribution in [-0.4, -0.2) is 6.54 Å². The third-order valence-electron chi connectivity index (χ3n) is 2.99. The zero-order valence-corrected chi connectivity index (χ0v) is 8.65. The zero-order chi connectivity index (χ0) is 10.2. The summed E-state index contributed by atoms with van der Waals surface area (Å²) in [4.78, 5) is 0. The van der Waals surface area contributed by atoms with Crippen LogP contribution in [0, 0.1) is 11.2 Å². The molecule has 0 aliphatic heterocycles. The van der Waals surface area contributed by atoms with Crippen molar-refractivity contribution in [3.8, 4) is 0 Å². The predicted octanol–water partition coefficient (Wildman–Crippen LogP) is 2.76. The number of hydrogen-bond donors (Lipinski definition) is 1. The maximum Gasteiger partial charge on any atom is 0.144 e. The van der Waals surface area contributed by atoms with Crippen molar-refractivity contribution in [3.05, 3.63) is 34.6 Å². The van der Waals surface area contributed by atoms with E-state index in [1.165, 1.54) is 0 Å². The monoisotopic (exact) mass is 213 g/mol. The molecule has 0 radical (unpaired) electrons. The molecule has 0 spiro atoms. The van der Waals surface area contributed by atoms with Gasteiger partial charge in [-0.25, -0.2) is 4.39 Å². The van der Waals surface area contributed by atoms with E-state index in [4.69, 9.17) is 17.3 Å². The van der Waals surface area contributed by atoms with Gasteiger partial charge in [-0.2, -0.15) is 0 Å². The number of halogens is 2. The second-order valence-corrected chi connectivity index (χ2v) is 4.50. The van der Waals surface area contributed by atoms with Crippen LogP contribution < -0.4 is 5.73 Å². The summed E-state index contributed by atoms with van der Waals surface area (Å²) in [6.07, 6.45) is 2.93. The molecule has 1 saturated carbocycles. The van der Waals surface area contributed by atoms with Gasteiger partial charge >= 0.3 is 0 Å². The van der Waals surface area contributed by atoms with E-state index in [-0.39, 0.29) is 16.3 Å². The Morgan fingerprint density at radius 2 is 2.14 bits per heavy atom. The third kappa shape index (κ3) is 1.77. The lowest BCUT2D eigenvalue weighted by Gasteiger charge is -2.12. The van der Waals surface area contributed by atoms with Crippen LogP contribution in [0.4, 0.5) is 4.39 Å². The van der Waals surface area contributed by atoms with E-state index in [2.05, 4.69) is 0 Å². The molecular weight excluding hydrogens is 201 g/mol. The largest absolute Gasteiger partial charge is 0.330 e. The van der Waals surface area contributed by atoms with Crippen molar-refractivity contribution < 1.29 is 4.39 Å². The lowest BCUT2D eigenvalue weighted by atomic mass is 9.96. The Balaban J connectivity index is 2.21. The van der Waals surface area contributed by atoms with Crippen molar-refractivity contribution in [3.63, 3.8) is 0 Å². The summed E-state index contributed by atoms with van der Waals surface area (Å²) in [5.74, 6) is -0.283. The molecule has 1 aromatic carbocycles. The highest BCUT2D eigenvalue weighted by atomic mass is 35.5. The van der Waals surface area contributed by atoms with Gasteiger partial charge in [0, 0.05) is 0 Å². The van der Waals surface area contributed by atoms with Gasteiger partial charge in [0.05, 0.1) is 5.02 Å². The first kappa shape index (κ1) is 9.94. The van der Waals surface area contributed by atoms with E-state index in [0.717, 1.165) is 19.3 Å². The van der Waals surface area contributed by atoms with Gasteiger partial charge < -0.3 is 5.73 Å². The quantitative estimate of drug-likeness (QED) is 0.821. The van der Waals surface area contributed by atoms with Crippen LogP contribution in [0.1, 0.15) is 18.4 Å². The molecule has 1 aliphatic rings. The summed E-state index contributed by atoms with van der Waals surface area (Å²) in [5, 5.41) is 0.204. The Bertz CT molecular complexity index is 347. The lowest BCUT2D eigenvalue weighted by Crippen LogP contribution is -2.18. The first-order chi connectivity index (χ1) is 6.67. The lowest BCUT2D eigenvalue weighted by molar-refractivity contribution is 0.500. The van der Waals surface area contributed by atoms with Crippen molar-refractivity contribution in [1.82, 2.24) is 0 Å². The Morgan fingerprint density at radius 1 is 1.43 bits per heavy atom. The molecule has 0 atom stereocenters. The summed E-state index contributed by atoms with van der Waals surface area (Å²) in [5.41, 5.74) is 6.50. The van der Waals surface area contributed by atoms with Gasteiger partial charge in [0.2, 0.25) is 0 Å². The van der Waals surface area contributed by atoms with Crippen LogP contribution in [0.3, 0.4) is 0 Å². The Kier molecular flexibility index (Phi) is 2.50. The molecule has 0 heterocycles. The molecule has 0 aromatic heterocycles. The Labute approximate surface area is 88.1 Å². The minimum atomic E-state index is -0.283. The highest BCUT2D eigenvalue weighted by molar-refractivity contribution is 6.30. The van der Waals surface area contributed by atoms with Gasteiger partial charge in [-0.05, 0) is 42.9 Å². The second kappa shape index (κ2) is 3.52. The summed E-state index contributed by atoms with van der Waals surface area (Å²) in [6.45, 7) is 0.638. The van der Waals surface area contributed by atoms with Gasteiger partial charge in [0.1, 0.15) is 5.82 Å². The van der Waals surface area contributed by atoms with E-state index in [0.29, 0.717) is 12.1 Å². The fourth-order valence-electron chi connectivity index (χ4n) is 1.72. The predicted molar refractivity (Wildman–Crippen MR) is 55.8 cm³/mol. The normalized spacial score (nSPS) is 18.2. The molecule has 0 amide bonds. The van der Waals surface area contributed by atoms with Crippen LogP contribution in [-0.2, 0) is 6.42 Å². The van der Waals surface area contributed by atoms with Gasteiger partial charge in [0.25, 0.3) is 0 Å². The zero-order valence-electron chi connectivity index (χ0n) is 7.89. The van der Waals surface area contributed by atoms with Crippen LogP contribution in [0.25, 0.3) is 0 Å². The standard InChI is InChI=1S/C11H13ClFN/c12-9-3-1-2-8(10(9)13)6-11(7-14)4-5-11/h1-3H,4-7,14H2. The van der Waals surface area contributed by atoms with E-state index < -0.39 is 0 Å². The molecule has 0 unspecified atom stereocenters. The van der Waals surface area contributed by atoms with Crippen LogP contribution >= 0.6 is 11.6 Å². The van der Waals surface area contributed by atoms with Crippen molar-refractivity contribution in [2.75, 3.05) is 6.54 Å². The van der Waals surface area contributed by atoms with Crippen molar-refractivity contribution in [1.29, 1.82) is 0 Å². The first-order valence-corrected chi connectivity index (χ1v) is 5.18. The summed E-state index contributed by atoms with van der Waals surface area (Å²) >= 11 is 5.70. The number of rotatable bonds is 3. The van der Waals surface area contributed by atoms with Crippen molar-refractivity contribution >= 4 is 11.6 Å². The maximum absolute atomic E-state index is 13.5. The minimum absolute atomic E-state index is 0.158. The maximum atomic E-state index is 13.5. The fourth-order valence-corrected chi connectivity index (χ4v) is 1.91. The molecule has 2 rings (SSSR count). The Hall–Kier alpha value is -0.600. The van der Waals surface area contributed by atoms with Crippen molar-refractivity contribution in [2.24, 2.45) is 11.1 Å². The Morgan fingerprint density at radius 3 is 2.71 bits per heavy atom. The van der Waals surface area contributed by atoms with E-state index >= 15 is 0 Å². The van der Waals surface area contributed by atoms with E-state index in [1.807, 2.05) is 0 Å². The van der Waals surface area contributed by atoms with E-state index in [1.54, 1.807) is 18.2 Å². The topological polar surface area (TPSA) is 26.0 Å². The van der Waals surface area contributed by atoms with Crippen LogP contribution in [0.5, 0.6) is 0 Å². The second-order valence-electron chi connectivity index (χ2n) is 4.09. The molecular formula is C11H13ClFN. The van der Waals surface area contributed by atoms with Crippen LogP contribution in [0.2, 0.25) is 5.02 Å². The molecule has 0 saturated heterocycles. The van der Waals surface area contributed by atoms with E-state index in [9.17, 15) is 4.39 Å². The summed E-state index contributed by atoms with van der Waals surface area (Å²) in [7, 11) is 0.